The minimum absolute atomic E-state index is 0.269. The molecule has 2 aromatic heterocycles. The maximum Gasteiger partial charge on any atom is 0.264 e. The summed E-state index contributed by atoms with van der Waals surface area (Å²) in [5.41, 5.74) is 0.972. The fourth-order valence-electron chi connectivity index (χ4n) is 1.68. The van der Waals surface area contributed by atoms with E-state index in [4.69, 9.17) is 16.0 Å². The van der Waals surface area contributed by atoms with Gasteiger partial charge >= 0.3 is 0 Å². The summed E-state index contributed by atoms with van der Waals surface area (Å²) in [5, 5.41) is 7.48. The third-order valence-corrected chi connectivity index (χ3v) is 2.74. The van der Waals surface area contributed by atoms with E-state index in [2.05, 4.69) is 10.2 Å². The van der Waals surface area contributed by atoms with Crippen molar-refractivity contribution in [1.29, 1.82) is 0 Å². The monoisotopic (exact) mass is 246 g/mol. The molecule has 3 aromatic rings. The summed E-state index contributed by atoms with van der Waals surface area (Å²) in [6.45, 7) is 0. The molecule has 0 bridgehead atoms. The van der Waals surface area contributed by atoms with Crippen LogP contribution in [0.3, 0.4) is 0 Å². The molecule has 0 saturated heterocycles. The van der Waals surface area contributed by atoms with Crippen LogP contribution in [0, 0.1) is 0 Å². The number of furan rings is 1. The van der Waals surface area contributed by atoms with Crippen LogP contribution in [0.2, 0.25) is 5.02 Å². The normalized spacial score (nSPS) is 10.9. The molecule has 0 aliphatic carbocycles. The van der Waals surface area contributed by atoms with E-state index < -0.39 is 0 Å². The number of nitrogens with zero attached hydrogens (tertiary/aromatic N) is 1. The molecular formula is C12H7ClN2O2. The molecule has 0 atom stereocenters. The van der Waals surface area contributed by atoms with Crippen molar-refractivity contribution in [2.24, 2.45) is 0 Å². The summed E-state index contributed by atoms with van der Waals surface area (Å²) < 4.78 is 5.62. The molecule has 0 aliphatic rings. The second-order valence-corrected chi connectivity index (χ2v) is 4.01. The van der Waals surface area contributed by atoms with Crippen molar-refractivity contribution >= 4 is 22.6 Å². The van der Waals surface area contributed by atoms with Gasteiger partial charge in [0.1, 0.15) is 5.76 Å². The summed E-state index contributed by atoms with van der Waals surface area (Å²) in [6.07, 6.45) is 1.53. The van der Waals surface area contributed by atoms with Gasteiger partial charge in [0, 0.05) is 17.0 Å². The number of benzene rings is 1. The summed E-state index contributed by atoms with van der Waals surface area (Å²) in [6, 6.07) is 8.76. The molecule has 0 radical (unpaired) electrons. The van der Waals surface area contributed by atoms with E-state index in [-0.39, 0.29) is 5.56 Å². The molecule has 0 unspecified atom stereocenters. The molecule has 0 spiro atoms. The topological polar surface area (TPSA) is 58.9 Å². The second-order valence-electron chi connectivity index (χ2n) is 3.60. The van der Waals surface area contributed by atoms with Gasteiger partial charge in [-0.05, 0) is 12.1 Å². The van der Waals surface area contributed by atoms with E-state index in [0.29, 0.717) is 21.9 Å². The molecule has 0 amide bonds. The zero-order valence-corrected chi connectivity index (χ0v) is 9.36. The number of hydrogen-bond donors (Lipinski definition) is 1. The van der Waals surface area contributed by atoms with Crippen molar-refractivity contribution in [3.63, 3.8) is 0 Å². The first kappa shape index (κ1) is 10.1. The predicted molar refractivity (Wildman–Crippen MR) is 65.1 cm³/mol. The van der Waals surface area contributed by atoms with Crippen molar-refractivity contribution < 1.29 is 4.42 Å². The Morgan fingerprint density at radius 1 is 1.29 bits per heavy atom. The van der Waals surface area contributed by atoms with Crippen molar-refractivity contribution in [1.82, 2.24) is 10.2 Å². The zero-order chi connectivity index (χ0) is 11.8. The fourth-order valence-corrected chi connectivity index (χ4v) is 1.90. The number of hydrogen-bond acceptors (Lipinski definition) is 3. The van der Waals surface area contributed by atoms with E-state index in [1.807, 2.05) is 18.2 Å². The van der Waals surface area contributed by atoms with Gasteiger partial charge < -0.3 is 4.42 Å². The van der Waals surface area contributed by atoms with Crippen LogP contribution < -0.4 is 5.56 Å². The van der Waals surface area contributed by atoms with Gasteiger partial charge in [0.25, 0.3) is 5.56 Å². The number of para-hydroxylation sites is 1. The largest absolute Gasteiger partial charge is 0.454 e. The first-order valence-electron chi connectivity index (χ1n) is 4.97. The van der Waals surface area contributed by atoms with Crippen LogP contribution in [-0.2, 0) is 0 Å². The Morgan fingerprint density at radius 3 is 2.94 bits per heavy atom. The van der Waals surface area contributed by atoms with Crippen molar-refractivity contribution in [2.45, 2.75) is 0 Å². The van der Waals surface area contributed by atoms with Crippen LogP contribution in [0.15, 0.2) is 45.7 Å². The van der Waals surface area contributed by atoms with Gasteiger partial charge in [-0.15, -0.1) is 0 Å². The summed E-state index contributed by atoms with van der Waals surface area (Å²) >= 11 is 6.01. The highest BCUT2D eigenvalue weighted by Gasteiger charge is 2.09. The van der Waals surface area contributed by atoms with E-state index >= 15 is 0 Å². The Labute approximate surface area is 101 Å². The number of nitrogens with one attached hydrogen (secondary N) is 1. The molecule has 17 heavy (non-hydrogen) atoms. The molecule has 1 N–H and O–H groups in total. The molecule has 0 saturated carbocycles. The minimum atomic E-state index is -0.269. The highest BCUT2D eigenvalue weighted by molar-refractivity contribution is 6.34. The van der Waals surface area contributed by atoms with Crippen molar-refractivity contribution in [2.75, 3.05) is 0 Å². The zero-order valence-electron chi connectivity index (χ0n) is 8.61. The molecule has 1 aromatic carbocycles. The van der Waals surface area contributed by atoms with Crippen molar-refractivity contribution in [3.05, 3.63) is 51.9 Å². The molecule has 0 fully saturated rings. The predicted octanol–water partition coefficient (Wildman–Crippen LogP) is 2.84. The Morgan fingerprint density at radius 2 is 2.18 bits per heavy atom. The van der Waals surface area contributed by atoms with Crippen molar-refractivity contribution in [3.8, 4) is 11.3 Å². The Hall–Kier alpha value is -2.07. The summed E-state index contributed by atoms with van der Waals surface area (Å²) in [4.78, 5) is 11.2. The minimum Gasteiger partial charge on any atom is -0.454 e. The standard InChI is InChI=1S/C12H7ClN2O2/c13-9-3-1-2-7-4-10(17-12(7)9)8-5-11(16)15-14-6-8/h1-6H,(H,15,16). The third kappa shape index (κ3) is 1.72. The maximum atomic E-state index is 11.2. The number of H-pyrrole nitrogens is 1. The summed E-state index contributed by atoms with van der Waals surface area (Å²) in [5.74, 6) is 0.576. The SMILES string of the molecule is O=c1cc(-c2cc3cccc(Cl)c3o2)cn[nH]1. The highest BCUT2D eigenvalue weighted by Crippen LogP contribution is 2.30. The molecule has 5 heteroatoms. The summed E-state index contributed by atoms with van der Waals surface area (Å²) in [7, 11) is 0. The first-order valence-corrected chi connectivity index (χ1v) is 5.35. The number of fused-ring (bicyclic) bond motifs is 1. The number of rotatable bonds is 1. The average molecular weight is 247 g/mol. The van der Waals surface area contributed by atoms with E-state index in [9.17, 15) is 4.79 Å². The average Bonchev–Trinajstić information content (AvgIpc) is 2.74. The van der Waals surface area contributed by atoms with Crippen LogP contribution in [0.25, 0.3) is 22.3 Å². The van der Waals surface area contributed by atoms with Gasteiger partial charge in [-0.25, -0.2) is 5.10 Å². The van der Waals surface area contributed by atoms with Gasteiger partial charge in [0.2, 0.25) is 0 Å². The lowest BCUT2D eigenvalue weighted by Crippen LogP contribution is -2.05. The lowest BCUT2D eigenvalue weighted by molar-refractivity contribution is 0.630. The van der Waals surface area contributed by atoms with Crippen LogP contribution in [0.1, 0.15) is 0 Å². The smallest absolute Gasteiger partial charge is 0.264 e. The molecule has 4 nitrogen and oxygen atoms in total. The number of aromatic amines is 1. The molecule has 0 aliphatic heterocycles. The lowest BCUT2D eigenvalue weighted by Gasteiger charge is -1.93. The van der Waals surface area contributed by atoms with Gasteiger partial charge in [-0.3, -0.25) is 4.79 Å². The Balaban J connectivity index is 2.25. The molecule has 84 valence electrons. The third-order valence-electron chi connectivity index (χ3n) is 2.45. The fraction of sp³-hybridized carbons (Fsp3) is 0. The lowest BCUT2D eigenvalue weighted by atomic mass is 10.2. The van der Waals surface area contributed by atoms with Crippen LogP contribution in [-0.4, -0.2) is 10.2 Å². The molecule has 3 rings (SSSR count). The first-order chi connectivity index (χ1) is 8.24. The quantitative estimate of drug-likeness (QED) is 0.718. The Kier molecular flexibility index (Phi) is 2.23. The molecule has 2 heterocycles. The Bertz CT molecular complexity index is 745. The number of halogens is 1. The van der Waals surface area contributed by atoms with Crippen LogP contribution in [0.4, 0.5) is 0 Å². The van der Waals surface area contributed by atoms with Gasteiger partial charge in [-0.1, -0.05) is 23.7 Å². The van der Waals surface area contributed by atoms with E-state index in [1.165, 1.54) is 12.3 Å². The second kappa shape index (κ2) is 3.75. The van der Waals surface area contributed by atoms with Gasteiger partial charge in [0.05, 0.1) is 11.2 Å². The van der Waals surface area contributed by atoms with Gasteiger partial charge in [0.15, 0.2) is 5.58 Å². The van der Waals surface area contributed by atoms with Crippen LogP contribution >= 0.6 is 11.6 Å². The number of aromatic nitrogens is 2. The van der Waals surface area contributed by atoms with Crippen LogP contribution in [0.5, 0.6) is 0 Å². The highest BCUT2D eigenvalue weighted by atomic mass is 35.5. The maximum absolute atomic E-state index is 11.2. The van der Waals surface area contributed by atoms with Gasteiger partial charge in [-0.2, -0.15) is 5.10 Å². The van der Waals surface area contributed by atoms with E-state index in [1.54, 1.807) is 6.07 Å². The van der Waals surface area contributed by atoms with E-state index in [0.717, 1.165) is 5.39 Å². The molecular weight excluding hydrogens is 240 g/mol.